The number of para-hydroxylation sites is 1. The van der Waals surface area contributed by atoms with Gasteiger partial charge in [-0.25, -0.2) is 0 Å². The number of amides is 2. The molecule has 0 saturated carbocycles. The molecule has 0 heterocycles. The monoisotopic (exact) mass is 354 g/mol. The van der Waals surface area contributed by atoms with Crippen LogP contribution in [-0.2, 0) is 9.59 Å². The molecule has 2 amide bonds. The van der Waals surface area contributed by atoms with Gasteiger partial charge in [-0.05, 0) is 32.4 Å². The summed E-state index contributed by atoms with van der Waals surface area (Å²) >= 11 is 0. The number of quaternary nitrogens is 1. The average molecular weight is 354 g/mol. The van der Waals surface area contributed by atoms with E-state index in [1.54, 1.807) is 0 Å². The van der Waals surface area contributed by atoms with Crippen molar-refractivity contribution in [2.45, 2.75) is 32.9 Å². The second-order valence-corrected chi connectivity index (χ2v) is 6.87. The van der Waals surface area contributed by atoms with E-state index < -0.39 is 0 Å². The number of rotatable bonds is 7. The molecule has 0 radical (unpaired) electrons. The van der Waals surface area contributed by atoms with E-state index in [0.717, 1.165) is 21.7 Å². The predicted molar refractivity (Wildman–Crippen MR) is 105 cm³/mol. The summed E-state index contributed by atoms with van der Waals surface area (Å²) in [7, 11) is 1.85. The molecule has 138 valence electrons. The Balaban J connectivity index is 2.07. The molecule has 0 fully saturated rings. The fraction of sp³-hybridized carbons (Fsp3) is 0.333. The van der Waals surface area contributed by atoms with Gasteiger partial charge in [-0.15, -0.1) is 0 Å². The smallest absolute Gasteiger partial charge is 0.282 e. The van der Waals surface area contributed by atoms with E-state index in [0.29, 0.717) is 0 Å². The number of carbonyl (C=O) groups is 2. The third kappa shape index (κ3) is 5.43. The molecule has 0 aliphatic rings. The maximum absolute atomic E-state index is 12.7. The SMILES string of the molecule is CC(C)NC(=O)C[NH+](C)[C@@H](C)C(=O)Nc1ccccc1-c1ccccc1. The first-order valence-electron chi connectivity index (χ1n) is 8.95. The van der Waals surface area contributed by atoms with E-state index in [4.69, 9.17) is 0 Å². The highest BCUT2D eigenvalue weighted by Gasteiger charge is 2.24. The summed E-state index contributed by atoms with van der Waals surface area (Å²) in [6, 6.07) is 17.4. The Morgan fingerprint density at radius 2 is 1.58 bits per heavy atom. The maximum atomic E-state index is 12.7. The summed E-state index contributed by atoms with van der Waals surface area (Å²) in [6.07, 6.45) is 0. The van der Waals surface area contributed by atoms with Gasteiger partial charge in [-0.2, -0.15) is 0 Å². The maximum Gasteiger partial charge on any atom is 0.282 e. The molecule has 0 saturated heterocycles. The van der Waals surface area contributed by atoms with E-state index in [2.05, 4.69) is 10.6 Å². The van der Waals surface area contributed by atoms with Crippen LogP contribution in [0.3, 0.4) is 0 Å². The van der Waals surface area contributed by atoms with Gasteiger partial charge in [0.2, 0.25) is 0 Å². The molecule has 0 aliphatic carbocycles. The largest absolute Gasteiger partial charge is 0.349 e. The van der Waals surface area contributed by atoms with Crippen molar-refractivity contribution in [1.82, 2.24) is 5.32 Å². The summed E-state index contributed by atoms with van der Waals surface area (Å²) in [5.74, 6) is -0.162. The molecule has 2 atom stereocenters. The molecule has 2 aromatic rings. The lowest BCUT2D eigenvalue weighted by Crippen LogP contribution is -3.15. The molecule has 0 aromatic heterocycles. The Morgan fingerprint density at radius 3 is 2.23 bits per heavy atom. The number of nitrogens with one attached hydrogen (secondary N) is 3. The molecule has 5 heteroatoms. The van der Waals surface area contributed by atoms with E-state index in [9.17, 15) is 9.59 Å². The van der Waals surface area contributed by atoms with E-state index in [-0.39, 0.29) is 30.4 Å². The van der Waals surface area contributed by atoms with Crippen LogP contribution in [0.1, 0.15) is 20.8 Å². The summed E-state index contributed by atoms with van der Waals surface area (Å²) in [5, 5.41) is 5.87. The van der Waals surface area contributed by atoms with Gasteiger partial charge in [0.05, 0.1) is 7.05 Å². The molecule has 0 aliphatic heterocycles. The Bertz CT molecular complexity index is 744. The van der Waals surface area contributed by atoms with Crippen molar-refractivity contribution in [2.24, 2.45) is 0 Å². The zero-order chi connectivity index (χ0) is 19.1. The fourth-order valence-electron chi connectivity index (χ4n) is 2.71. The van der Waals surface area contributed by atoms with Crippen molar-refractivity contribution in [3.8, 4) is 11.1 Å². The Morgan fingerprint density at radius 1 is 0.962 bits per heavy atom. The molecule has 5 nitrogen and oxygen atoms in total. The minimum absolute atomic E-state index is 0.0539. The molecular weight excluding hydrogens is 326 g/mol. The zero-order valence-corrected chi connectivity index (χ0v) is 15.9. The normalized spacial score (nSPS) is 13.1. The van der Waals surface area contributed by atoms with Gasteiger partial charge < -0.3 is 15.5 Å². The minimum atomic E-state index is -0.350. The third-order valence-electron chi connectivity index (χ3n) is 4.29. The summed E-state index contributed by atoms with van der Waals surface area (Å²) in [6.45, 7) is 5.93. The topological polar surface area (TPSA) is 62.6 Å². The molecular formula is C21H28N3O2+. The predicted octanol–water partition coefficient (Wildman–Crippen LogP) is 1.72. The van der Waals surface area contributed by atoms with Crippen molar-refractivity contribution in [1.29, 1.82) is 0 Å². The zero-order valence-electron chi connectivity index (χ0n) is 15.9. The van der Waals surface area contributed by atoms with Gasteiger partial charge >= 0.3 is 0 Å². The highest BCUT2D eigenvalue weighted by Crippen LogP contribution is 2.27. The molecule has 3 N–H and O–H groups in total. The van der Waals surface area contributed by atoms with E-state index >= 15 is 0 Å². The van der Waals surface area contributed by atoms with Gasteiger partial charge in [-0.3, -0.25) is 9.59 Å². The van der Waals surface area contributed by atoms with Gasteiger partial charge in [0, 0.05) is 17.3 Å². The van der Waals surface area contributed by atoms with Crippen LogP contribution in [0.25, 0.3) is 11.1 Å². The van der Waals surface area contributed by atoms with Crippen LogP contribution in [0.5, 0.6) is 0 Å². The number of likely N-dealkylation sites (N-methyl/N-ethyl adjacent to an activating group) is 1. The minimum Gasteiger partial charge on any atom is -0.349 e. The van der Waals surface area contributed by atoms with Crippen molar-refractivity contribution in [2.75, 3.05) is 18.9 Å². The van der Waals surface area contributed by atoms with Gasteiger partial charge in [0.1, 0.15) is 0 Å². The first kappa shape index (κ1) is 19.7. The Labute approximate surface area is 155 Å². The first-order chi connectivity index (χ1) is 12.4. The third-order valence-corrected chi connectivity index (χ3v) is 4.29. The molecule has 1 unspecified atom stereocenters. The van der Waals surface area contributed by atoms with Crippen molar-refractivity contribution in [3.05, 3.63) is 54.6 Å². The average Bonchev–Trinajstić information content (AvgIpc) is 2.61. The summed E-state index contributed by atoms with van der Waals surface area (Å²) < 4.78 is 0. The van der Waals surface area contributed by atoms with Crippen LogP contribution in [-0.4, -0.2) is 37.5 Å². The van der Waals surface area contributed by atoms with Gasteiger partial charge in [0.15, 0.2) is 12.6 Å². The lowest BCUT2D eigenvalue weighted by atomic mass is 10.0. The highest BCUT2D eigenvalue weighted by molar-refractivity contribution is 5.97. The number of anilines is 1. The van der Waals surface area contributed by atoms with Gasteiger partial charge in [-0.1, -0.05) is 48.5 Å². The fourth-order valence-corrected chi connectivity index (χ4v) is 2.71. The lowest BCUT2D eigenvalue weighted by molar-refractivity contribution is -0.885. The van der Waals surface area contributed by atoms with Crippen LogP contribution >= 0.6 is 0 Å². The van der Waals surface area contributed by atoms with Crippen LogP contribution in [0.2, 0.25) is 0 Å². The quantitative estimate of drug-likeness (QED) is 0.709. The van der Waals surface area contributed by atoms with Crippen molar-refractivity contribution >= 4 is 17.5 Å². The second-order valence-electron chi connectivity index (χ2n) is 6.87. The van der Waals surface area contributed by atoms with Crippen LogP contribution in [0.4, 0.5) is 5.69 Å². The second kappa shape index (κ2) is 9.15. The highest BCUT2D eigenvalue weighted by atomic mass is 16.2. The Kier molecular flexibility index (Phi) is 6.92. The molecule has 2 rings (SSSR count). The van der Waals surface area contributed by atoms with Crippen molar-refractivity contribution < 1.29 is 14.5 Å². The lowest BCUT2D eigenvalue weighted by Gasteiger charge is -2.22. The Hall–Kier alpha value is -2.66. The van der Waals surface area contributed by atoms with Crippen LogP contribution < -0.4 is 15.5 Å². The molecule has 2 aromatic carbocycles. The van der Waals surface area contributed by atoms with E-state index in [1.165, 1.54) is 0 Å². The molecule has 0 spiro atoms. The molecule has 0 bridgehead atoms. The number of hydrogen-bond acceptors (Lipinski definition) is 2. The van der Waals surface area contributed by atoms with E-state index in [1.807, 2.05) is 82.4 Å². The number of carbonyl (C=O) groups excluding carboxylic acids is 2. The number of hydrogen-bond donors (Lipinski definition) is 3. The summed E-state index contributed by atoms with van der Waals surface area (Å²) in [4.78, 5) is 25.4. The van der Waals surface area contributed by atoms with Crippen LogP contribution in [0, 0.1) is 0 Å². The summed E-state index contributed by atoms with van der Waals surface area (Å²) in [5.41, 5.74) is 2.80. The first-order valence-corrected chi connectivity index (χ1v) is 8.95. The van der Waals surface area contributed by atoms with Crippen molar-refractivity contribution in [3.63, 3.8) is 0 Å². The standard InChI is InChI=1S/C21H27N3O2/c1-15(2)22-20(25)14-24(4)16(3)21(26)23-19-13-9-8-12-18(19)17-10-6-5-7-11-17/h5-13,15-16H,14H2,1-4H3,(H,22,25)(H,23,26)/p+1/t16-/m0/s1. The number of benzene rings is 2. The molecule has 26 heavy (non-hydrogen) atoms. The van der Waals surface area contributed by atoms with Gasteiger partial charge in [0.25, 0.3) is 11.8 Å². The van der Waals surface area contributed by atoms with Crippen LogP contribution in [0.15, 0.2) is 54.6 Å².